The maximum absolute atomic E-state index is 13.3. The summed E-state index contributed by atoms with van der Waals surface area (Å²) < 4.78 is 13.3. The Morgan fingerprint density at radius 3 is 2.50 bits per heavy atom. The number of hydrogen-bond acceptors (Lipinski definition) is 4. The Bertz CT molecular complexity index is 850. The maximum atomic E-state index is 13.3. The molecule has 0 bridgehead atoms. The van der Waals surface area contributed by atoms with E-state index >= 15 is 0 Å². The van der Waals surface area contributed by atoms with E-state index in [1.165, 1.54) is 18.2 Å². The van der Waals surface area contributed by atoms with Gasteiger partial charge in [0, 0.05) is 11.6 Å². The van der Waals surface area contributed by atoms with E-state index in [1.807, 2.05) is 4.90 Å². The zero-order valence-corrected chi connectivity index (χ0v) is 15.7. The second-order valence-electron chi connectivity index (χ2n) is 6.99. The van der Waals surface area contributed by atoms with Gasteiger partial charge in [0.05, 0.1) is 11.7 Å². The van der Waals surface area contributed by atoms with E-state index in [0.29, 0.717) is 37.3 Å². The quantitative estimate of drug-likeness (QED) is 0.691. The van der Waals surface area contributed by atoms with Crippen molar-refractivity contribution in [2.24, 2.45) is 5.92 Å². The molecule has 0 saturated carbocycles. The Morgan fingerprint density at radius 2 is 1.82 bits per heavy atom. The Kier molecular flexibility index (Phi) is 6.26. The number of phenolic OH excluding ortho intramolecular Hbond substituents is 1. The topological polar surface area (TPSA) is 81.7 Å². The summed E-state index contributed by atoms with van der Waals surface area (Å²) in [5.74, 6) is -0.868. The molecule has 0 aromatic heterocycles. The number of carbonyl (C=O) groups is 2. The van der Waals surface area contributed by atoms with Crippen LogP contribution in [0.5, 0.6) is 5.75 Å². The van der Waals surface area contributed by atoms with Crippen molar-refractivity contribution in [3.8, 4) is 5.75 Å². The van der Waals surface area contributed by atoms with Crippen molar-refractivity contribution in [3.63, 3.8) is 0 Å². The number of anilines is 2. The third-order valence-electron chi connectivity index (χ3n) is 5.08. The summed E-state index contributed by atoms with van der Waals surface area (Å²) in [4.78, 5) is 26.9. The van der Waals surface area contributed by atoms with Crippen LogP contribution < -0.4 is 10.6 Å². The molecule has 0 radical (unpaired) electrons. The molecule has 1 heterocycles. The van der Waals surface area contributed by atoms with Crippen molar-refractivity contribution in [3.05, 3.63) is 54.3 Å². The van der Waals surface area contributed by atoms with Gasteiger partial charge in [0.15, 0.2) is 0 Å². The summed E-state index contributed by atoms with van der Waals surface area (Å²) >= 11 is 0. The van der Waals surface area contributed by atoms with Gasteiger partial charge in [-0.15, -0.1) is 0 Å². The minimum absolute atomic E-state index is 0.0379. The lowest BCUT2D eigenvalue weighted by Crippen LogP contribution is -2.47. The predicted octanol–water partition coefficient (Wildman–Crippen LogP) is 3.21. The maximum Gasteiger partial charge on any atom is 0.241 e. The van der Waals surface area contributed by atoms with Crippen LogP contribution in [0.4, 0.5) is 15.8 Å². The molecule has 2 amide bonds. The Balaban J connectivity index is 1.50. The number of carbonyl (C=O) groups excluding carboxylic acids is 2. The summed E-state index contributed by atoms with van der Waals surface area (Å²) in [5.41, 5.74) is 0.826. The fraction of sp³-hybridized carbons (Fsp3) is 0.333. The van der Waals surface area contributed by atoms with Gasteiger partial charge in [-0.1, -0.05) is 18.2 Å². The molecule has 1 aliphatic heterocycles. The Labute approximate surface area is 163 Å². The first-order valence-electron chi connectivity index (χ1n) is 9.33. The van der Waals surface area contributed by atoms with Gasteiger partial charge in [-0.05, 0) is 63.2 Å². The molecule has 1 fully saturated rings. The highest BCUT2D eigenvalue weighted by atomic mass is 19.1. The molecule has 28 heavy (non-hydrogen) atoms. The normalized spacial score (nSPS) is 16.4. The number of aromatic hydroxyl groups is 1. The molecule has 1 unspecified atom stereocenters. The highest BCUT2D eigenvalue weighted by Gasteiger charge is 2.30. The molecule has 3 N–H and O–H groups in total. The lowest BCUT2D eigenvalue weighted by Gasteiger charge is -2.34. The Hall–Kier alpha value is -2.93. The minimum atomic E-state index is -0.401. The van der Waals surface area contributed by atoms with Crippen LogP contribution in [0.15, 0.2) is 48.5 Å². The molecular weight excluding hydrogens is 361 g/mol. The third-order valence-corrected chi connectivity index (χ3v) is 5.08. The summed E-state index contributed by atoms with van der Waals surface area (Å²) in [7, 11) is 0. The lowest BCUT2D eigenvalue weighted by molar-refractivity contribution is -0.123. The van der Waals surface area contributed by atoms with Crippen molar-refractivity contribution in [1.82, 2.24) is 4.90 Å². The highest BCUT2D eigenvalue weighted by Crippen LogP contribution is 2.25. The average Bonchev–Trinajstić information content (AvgIpc) is 2.69. The number of halogens is 1. The monoisotopic (exact) mass is 385 g/mol. The first-order chi connectivity index (χ1) is 13.4. The van der Waals surface area contributed by atoms with E-state index in [9.17, 15) is 19.1 Å². The van der Waals surface area contributed by atoms with Crippen molar-refractivity contribution in [2.75, 3.05) is 23.7 Å². The number of likely N-dealkylation sites (tertiary alicyclic amines) is 1. The van der Waals surface area contributed by atoms with Crippen LogP contribution in [0.25, 0.3) is 0 Å². The predicted molar refractivity (Wildman–Crippen MR) is 106 cm³/mol. The number of nitrogens with zero attached hydrogens (tertiary/aromatic N) is 1. The summed E-state index contributed by atoms with van der Waals surface area (Å²) in [6.45, 7) is 3.02. The largest absolute Gasteiger partial charge is 0.506 e. The molecule has 7 heteroatoms. The van der Waals surface area contributed by atoms with Gasteiger partial charge in [-0.3, -0.25) is 14.5 Å². The number of rotatable bonds is 5. The van der Waals surface area contributed by atoms with Crippen LogP contribution in [0.3, 0.4) is 0 Å². The lowest BCUT2D eigenvalue weighted by atomic mass is 9.94. The molecule has 2 aromatic carbocycles. The Morgan fingerprint density at radius 1 is 1.11 bits per heavy atom. The third kappa shape index (κ3) is 4.86. The smallest absolute Gasteiger partial charge is 0.241 e. The molecule has 1 aliphatic rings. The summed E-state index contributed by atoms with van der Waals surface area (Å²) in [5, 5.41) is 15.3. The number of amides is 2. The molecule has 6 nitrogen and oxygen atoms in total. The zero-order chi connectivity index (χ0) is 20.1. The van der Waals surface area contributed by atoms with Gasteiger partial charge in [0.2, 0.25) is 11.8 Å². The van der Waals surface area contributed by atoms with Crippen molar-refractivity contribution >= 4 is 23.2 Å². The van der Waals surface area contributed by atoms with Crippen molar-refractivity contribution in [1.29, 1.82) is 0 Å². The van der Waals surface area contributed by atoms with Gasteiger partial charge >= 0.3 is 0 Å². The molecule has 1 atom stereocenters. The molecule has 1 saturated heterocycles. The molecule has 0 aliphatic carbocycles. The number of benzene rings is 2. The van der Waals surface area contributed by atoms with Gasteiger partial charge < -0.3 is 15.7 Å². The van der Waals surface area contributed by atoms with Crippen LogP contribution in [-0.4, -0.2) is 41.0 Å². The second kappa shape index (κ2) is 8.84. The van der Waals surface area contributed by atoms with Gasteiger partial charge in [0.25, 0.3) is 0 Å². The molecule has 2 aromatic rings. The number of piperidine rings is 1. The fourth-order valence-electron chi connectivity index (χ4n) is 3.34. The number of phenols is 1. The van der Waals surface area contributed by atoms with Crippen LogP contribution in [0.2, 0.25) is 0 Å². The SMILES string of the molecule is CC(C(=O)Nc1cccc(F)c1)N1CCC(C(=O)Nc2ccccc2O)CC1. The van der Waals surface area contributed by atoms with E-state index in [0.717, 1.165) is 0 Å². The average molecular weight is 385 g/mol. The van der Waals surface area contributed by atoms with Crippen LogP contribution in [0.1, 0.15) is 19.8 Å². The highest BCUT2D eigenvalue weighted by molar-refractivity contribution is 5.95. The zero-order valence-electron chi connectivity index (χ0n) is 15.7. The molecule has 148 valence electrons. The fourth-order valence-corrected chi connectivity index (χ4v) is 3.34. The number of hydrogen-bond donors (Lipinski definition) is 3. The first kappa shape index (κ1) is 19.8. The van der Waals surface area contributed by atoms with Crippen molar-refractivity contribution < 1.29 is 19.1 Å². The summed E-state index contributed by atoms with van der Waals surface area (Å²) in [6, 6.07) is 12.0. The van der Waals surface area contributed by atoms with Crippen LogP contribution >= 0.6 is 0 Å². The van der Waals surface area contributed by atoms with Crippen LogP contribution in [-0.2, 0) is 9.59 Å². The van der Waals surface area contributed by atoms with E-state index in [-0.39, 0.29) is 29.5 Å². The minimum Gasteiger partial charge on any atom is -0.506 e. The second-order valence-corrected chi connectivity index (χ2v) is 6.99. The van der Waals surface area contributed by atoms with Gasteiger partial charge in [-0.25, -0.2) is 4.39 Å². The molecular formula is C21H24FN3O3. The van der Waals surface area contributed by atoms with Crippen molar-refractivity contribution in [2.45, 2.75) is 25.8 Å². The number of nitrogens with one attached hydrogen (secondary N) is 2. The molecule has 3 rings (SSSR count). The van der Waals surface area contributed by atoms with E-state index in [4.69, 9.17) is 0 Å². The first-order valence-corrected chi connectivity index (χ1v) is 9.33. The summed E-state index contributed by atoms with van der Waals surface area (Å²) in [6.07, 6.45) is 1.24. The molecule has 0 spiro atoms. The van der Waals surface area contributed by atoms with E-state index in [1.54, 1.807) is 37.3 Å². The van der Waals surface area contributed by atoms with Crippen LogP contribution in [0, 0.1) is 11.7 Å². The van der Waals surface area contributed by atoms with E-state index in [2.05, 4.69) is 10.6 Å². The number of para-hydroxylation sites is 2. The standard InChI is InChI=1S/C21H24FN3O3/c1-14(20(27)23-17-6-4-5-16(22)13-17)25-11-9-15(10-12-25)21(28)24-18-7-2-3-8-19(18)26/h2-8,13-15,26H,9-12H2,1H3,(H,23,27)(H,24,28). The van der Waals surface area contributed by atoms with E-state index < -0.39 is 5.82 Å². The van der Waals surface area contributed by atoms with Gasteiger partial charge in [0.1, 0.15) is 11.6 Å². The van der Waals surface area contributed by atoms with Gasteiger partial charge in [-0.2, -0.15) is 0 Å².